The summed E-state index contributed by atoms with van der Waals surface area (Å²) in [6, 6.07) is 18.2. The van der Waals surface area contributed by atoms with Crippen LogP contribution < -0.4 is 0 Å². The van der Waals surface area contributed by atoms with Crippen molar-refractivity contribution >= 4 is 5.91 Å². The van der Waals surface area contributed by atoms with Gasteiger partial charge in [-0.05, 0) is 49.3 Å². The Morgan fingerprint density at radius 2 is 1.71 bits per heavy atom. The van der Waals surface area contributed by atoms with E-state index in [0.717, 1.165) is 43.5 Å². The van der Waals surface area contributed by atoms with Crippen LogP contribution in [0.3, 0.4) is 0 Å². The smallest absolute Gasteiger partial charge is 0.254 e. The van der Waals surface area contributed by atoms with E-state index in [0.29, 0.717) is 5.92 Å². The normalized spacial score (nSPS) is 16.8. The third kappa shape index (κ3) is 3.85. The summed E-state index contributed by atoms with van der Waals surface area (Å²) in [4.78, 5) is 14.9. The van der Waals surface area contributed by atoms with Crippen molar-refractivity contribution < 1.29 is 9.90 Å². The number of aliphatic hydroxyl groups is 1. The molecule has 2 aromatic carbocycles. The fourth-order valence-electron chi connectivity index (χ4n) is 3.45. The van der Waals surface area contributed by atoms with Gasteiger partial charge in [0.05, 0.1) is 6.10 Å². The Bertz CT molecular complexity index is 673. The molecule has 0 aromatic heterocycles. The first-order valence-electron chi connectivity index (χ1n) is 8.74. The molecule has 1 fully saturated rings. The van der Waals surface area contributed by atoms with E-state index < -0.39 is 0 Å². The quantitative estimate of drug-likeness (QED) is 0.935. The van der Waals surface area contributed by atoms with Gasteiger partial charge in [0, 0.05) is 18.7 Å². The number of hydrogen-bond donors (Lipinski definition) is 1. The molecule has 1 atom stereocenters. The second kappa shape index (κ2) is 7.63. The fraction of sp³-hybridized carbons (Fsp3) is 0.381. The average Bonchev–Trinajstić information content (AvgIpc) is 2.62. The molecule has 1 amide bonds. The lowest BCUT2D eigenvalue weighted by Crippen LogP contribution is -2.41. The highest BCUT2D eigenvalue weighted by Gasteiger charge is 2.26. The van der Waals surface area contributed by atoms with Crippen molar-refractivity contribution in [2.45, 2.75) is 32.3 Å². The van der Waals surface area contributed by atoms with Crippen LogP contribution in [0.4, 0.5) is 0 Å². The Morgan fingerprint density at radius 3 is 2.38 bits per heavy atom. The average molecular weight is 323 g/mol. The van der Waals surface area contributed by atoms with Crippen LogP contribution >= 0.6 is 0 Å². The van der Waals surface area contributed by atoms with Crippen LogP contribution in [0, 0.1) is 5.92 Å². The molecule has 0 aliphatic carbocycles. The molecule has 3 heteroatoms. The van der Waals surface area contributed by atoms with Gasteiger partial charge < -0.3 is 10.0 Å². The first kappa shape index (κ1) is 16.7. The molecule has 3 rings (SSSR count). The van der Waals surface area contributed by atoms with Crippen LogP contribution in [0.2, 0.25) is 0 Å². The number of nitrogens with zero attached hydrogens (tertiary/aromatic N) is 1. The van der Waals surface area contributed by atoms with Crippen molar-refractivity contribution in [3.05, 3.63) is 71.3 Å². The summed E-state index contributed by atoms with van der Waals surface area (Å²) in [6.45, 7) is 3.31. The third-order valence-electron chi connectivity index (χ3n) is 4.99. The molecule has 1 saturated heterocycles. The Balaban J connectivity index is 1.74. The molecular weight excluding hydrogens is 298 g/mol. The highest BCUT2D eigenvalue weighted by molar-refractivity contribution is 5.95. The summed E-state index contributed by atoms with van der Waals surface area (Å²) in [5.74, 6) is 0.430. The number of carbonyl (C=O) groups is 1. The van der Waals surface area contributed by atoms with Gasteiger partial charge in [-0.3, -0.25) is 4.79 Å². The first-order chi connectivity index (χ1) is 11.6. The minimum absolute atomic E-state index is 0.116. The largest absolute Gasteiger partial charge is 0.393 e. The molecule has 24 heavy (non-hydrogen) atoms. The summed E-state index contributed by atoms with van der Waals surface area (Å²) in [5, 5.41) is 9.72. The maximum absolute atomic E-state index is 13.0. The number of piperidine rings is 1. The number of benzene rings is 2. The number of amides is 1. The monoisotopic (exact) mass is 323 g/mol. The van der Waals surface area contributed by atoms with Crippen molar-refractivity contribution in [2.75, 3.05) is 13.1 Å². The molecule has 1 N–H and O–H groups in total. The van der Waals surface area contributed by atoms with Gasteiger partial charge in [-0.2, -0.15) is 0 Å². The molecule has 1 aliphatic rings. The summed E-state index contributed by atoms with van der Waals surface area (Å²) in [5.41, 5.74) is 3.09. The van der Waals surface area contributed by atoms with Gasteiger partial charge in [0.15, 0.2) is 0 Å². The van der Waals surface area contributed by atoms with Gasteiger partial charge in [-0.25, -0.2) is 0 Å². The van der Waals surface area contributed by atoms with Crippen LogP contribution in [0.15, 0.2) is 54.6 Å². The van der Waals surface area contributed by atoms with E-state index in [-0.39, 0.29) is 12.0 Å². The van der Waals surface area contributed by atoms with Crippen molar-refractivity contribution in [3.8, 4) is 0 Å². The lowest BCUT2D eigenvalue weighted by Gasteiger charge is -2.33. The molecule has 1 heterocycles. The Kier molecular flexibility index (Phi) is 5.31. The Morgan fingerprint density at radius 1 is 1.08 bits per heavy atom. The summed E-state index contributed by atoms with van der Waals surface area (Å²) in [7, 11) is 0. The predicted molar refractivity (Wildman–Crippen MR) is 96.0 cm³/mol. The van der Waals surface area contributed by atoms with Gasteiger partial charge in [0.1, 0.15) is 0 Å². The Hall–Kier alpha value is -2.13. The zero-order valence-corrected chi connectivity index (χ0v) is 14.2. The minimum Gasteiger partial charge on any atom is -0.393 e. The van der Waals surface area contributed by atoms with Gasteiger partial charge >= 0.3 is 0 Å². The molecule has 1 aliphatic heterocycles. The van der Waals surface area contributed by atoms with E-state index in [1.165, 1.54) is 5.56 Å². The number of aliphatic hydroxyl groups excluding tert-OH is 1. The van der Waals surface area contributed by atoms with E-state index in [4.69, 9.17) is 0 Å². The maximum Gasteiger partial charge on any atom is 0.254 e. The van der Waals surface area contributed by atoms with Crippen LogP contribution in [0.25, 0.3) is 0 Å². The fourth-order valence-corrected chi connectivity index (χ4v) is 3.45. The summed E-state index contributed by atoms with van der Waals surface area (Å²) < 4.78 is 0. The van der Waals surface area contributed by atoms with Gasteiger partial charge in [-0.1, -0.05) is 48.5 Å². The number of likely N-dealkylation sites (tertiary alicyclic amines) is 1. The number of carbonyl (C=O) groups excluding carboxylic acids is 1. The van der Waals surface area contributed by atoms with Crippen LogP contribution in [0.1, 0.15) is 41.3 Å². The second-order valence-electron chi connectivity index (χ2n) is 6.69. The zero-order chi connectivity index (χ0) is 16.9. The van der Waals surface area contributed by atoms with E-state index in [9.17, 15) is 9.90 Å². The van der Waals surface area contributed by atoms with E-state index >= 15 is 0 Å². The minimum atomic E-state index is -0.285. The van der Waals surface area contributed by atoms with Crippen molar-refractivity contribution in [1.82, 2.24) is 4.90 Å². The van der Waals surface area contributed by atoms with Crippen LogP contribution in [0.5, 0.6) is 0 Å². The van der Waals surface area contributed by atoms with Gasteiger partial charge in [-0.15, -0.1) is 0 Å². The van der Waals surface area contributed by atoms with E-state index in [2.05, 4.69) is 12.1 Å². The predicted octanol–water partition coefficient (Wildman–Crippen LogP) is 3.51. The first-order valence-corrected chi connectivity index (χ1v) is 8.74. The second-order valence-corrected chi connectivity index (χ2v) is 6.69. The molecule has 0 spiro atoms. The molecule has 0 saturated carbocycles. The van der Waals surface area contributed by atoms with Gasteiger partial charge in [0.25, 0.3) is 5.91 Å². The number of hydrogen-bond acceptors (Lipinski definition) is 2. The van der Waals surface area contributed by atoms with Crippen LogP contribution in [-0.2, 0) is 6.42 Å². The SMILES string of the molecule is CC(O)C1CCN(C(=O)c2ccccc2Cc2ccccc2)CC1. The maximum atomic E-state index is 13.0. The van der Waals surface area contributed by atoms with Crippen molar-refractivity contribution in [2.24, 2.45) is 5.92 Å². The molecule has 0 radical (unpaired) electrons. The lowest BCUT2D eigenvalue weighted by molar-refractivity contribution is 0.0520. The number of rotatable bonds is 4. The highest BCUT2D eigenvalue weighted by atomic mass is 16.3. The molecule has 3 nitrogen and oxygen atoms in total. The molecule has 126 valence electrons. The molecular formula is C21H25NO2. The lowest BCUT2D eigenvalue weighted by atomic mass is 9.91. The van der Waals surface area contributed by atoms with E-state index in [1.807, 2.05) is 54.3 Å². The molecule has 1 unspecified atom stereocenters. The summed E-state index contributed by atoms with van der Waals surface area (Å²) >= 11 is 0. The highest BCUT2D eigenvalue weighted by Crippen LogP contribution is 2.23. The molecule has 0 bridgehead atoms. The third-order valence-corrected chi connectivity index (χ3v) is 4.99. The Labute approximate surface area is 143 Å². The van der Waals surface area contributed by atoms with Crippen molar-refractivity contribution in [1.29, 1.82) is 0 Å². The topological polar surface area (TPSA) is 40.5 Å². The van der Waals surface area contributed by atoms with Gasteiger partial charge in [0.2, 0.25) is 0 Å². The van der Waals surface area contributed by atoms with Crippen LogP contribution in [-0.4, -0.2) is 35.1 Å². The molecule has 2 aromatic rings. The van der Waals surface area contributed by atoms with E-state index in [1.54, 1.807) is 0 Å². The summed E-state index contributed by atoms with van der Waals surface area (Å²) in [6.07, 6.45) is 2.24. The zero-order valence-electron chi connectivity index (χ0n) is 14.2. The van der Waals surface area contributed by atoms with Crippen molar-refractivity contribution in [3.63, 3.8) is 0 Å². The standard InChI is InChI=1S/C21H25NO2/c1-16(23)18-11-13-22(14-12-18)21(24)20-10-6-5-9-19(20)15-17-7-3-2-4-8-17/h2-10,16,18,23H,11-15H2,1H3.